The third-order valence-electron chi connectivity index (χ3n) is 2.91. The van der Waals surface area contributed by atoms with Crippen molar-refractivity contribution in [1.82, 2.24) is 0 Å². The fraction of sp³-hybridized carbons (Fsp3) is 0.0714. The molecule has 0 aliphatic rings. The van der Waals surface area contributed by atoms with Gasteiger partial charge in [-0.1, -0.05) is 36.4 Å². The van der Waals surface area contributed by atoms with Gasteiger partial charge in [0.05, 0.1) is 9.79 Å². The molecule has 0 bridgehead atoms. The number of hydrogen-bond donors (Lipinski definition) is 1. The molecule has 0 spiro atoms. The topological polar surface area (TPSA) is 106 Å². The van der Waals surface area contributed by atoms with Gasteiger partial charge in [0.2, 0.25) is 19.7 Å². The highest BCUT2D eigenvalue weighted by Crippen LogP contribution is 2.25. The van der Waals surface area contributed by atoms with Crippen LogP contribution >= 0.6 is 0 Å². The van der Waals surface area contributed by atoms with E-state index >= 15 is 0 Å². The Morgan fingerprint density at radius 3 is 1.32 bits per heavy atom. The summed E-state index contributed by atoms with van der Waals surface area (Å²) in [6.45, 7) is 0. The van der Waals surface area contributed by atoms with Gasteiger partial charge in [-0.25, -0.2) is 21.6 Å². The molecule has 0 atom stereocenters. The Kier molecular flexibility index (Phi) is 4.34. The molecule has 0 aliphatic heterocycles. The molecule has 22 heavy (non-hydrogen) atoms. The molecule has 0 radical (unpaired) electrons. The maximum absolute atomic E-state index is 12.4. The molecule has 1 N–H and O–H groups in total. The Bertz CT molecular complexity index is 802. The molecular formula is C14H12O6S2. The summed E-state index contributed by atoms with van der Waals surface area (Å²) in [6.07, 6.45) is 0. The molecule has 0 saturated carbocycles. The van der Waals surface area contributed by atoms with Gasteiger partial charge in [0, 0.05) is 0 Å². The van der Waals surface area contributed by atoms with E-state index in [0.29, 0.717) is 0 Å². The second-order valence-electron chi connectivity index (χ2n) is 4.39. The quantitative estimate of drug-likeness (QED) is 0.880. The molecule has 0 aliphatic carbocycles. The summed E-state index contributed by atoms with van der Waals surface area (Å²) < 4.78 is 47.1. The molecular weight excluding hydrogens is 328 g/mol. The third kappa shape index (κ3) is 2.88. The van der Waals surface area contributed by atoms with E-state index in [9.17, 15) is 26.7 Å². The number of benzene rings is 2. The average molecular weight is 340 g/mol. The molecule has 2 aromatic carbocycles. The van der Waals surface area contributed by atoms with Gasteiger partial charge in [0.25, 0.3) is 4.58 Å². The van der Waals surface area contributed by atoms with Crippen molar-refractivity contribution in [2.45, 2.75) is 14.4 Å². The second kappa shape index (κ2) is 5.90. The van der Waals surface area contributed by atoms with Gasteiger partial charge in [0.1, 0.15) is 0 Å². The van der Waals surface area contributed by atoms with E-state index in [1.165, 1.54) is 24.3 Å². The molecule has 0 heterocycles. The number of aliphatic carboxylic acids is 1. The van der Waals surface area contributed by atoms with Crippen LogP contribution in [0.3, 0.4) is 0 Å². The third-order valence-corrected chi connectivity index (χ3v) is 7.82. The zero-order chi connectivity index (χ0) is 16.4. The van der Waals surface area contributed by atoms with Crippen LogP contribution in [0.15, 0.2) is 70.5 Å². The van der Waals surface area contributed by atoms with Gasteiger partial charge in [0.15, 0.2) is 0 Å². The lowest BCUT2D eigenvalue weighted by Gasteiger charge is -2.14. The van der Waals surface area contributed by atoms with Gasteiger partial charge >= 0.3 is 5.97 Å². The van der Waals surface area contributed by atoms with E-state index in [4.69, 9.17) is 0 Å². The Balaban J connectivity index is 2.65. The number of hydrogen-bond acceptors (Lipinski definition) is 5. The average Bonchev–Trinajstić information content (AvgIpc) is 2.48. The highest BCUT2D eigenvalue weighted by atomic mass is 32.3. The summed E-state index contributed by atoms with van der Waals surface area (Å²) in [5, 5.41) is 9.21. The number of carboxylic acid groups (broad SMARTS) is 1. The van der Waals surface area contributed by atoms with Gasteiger partial charge in [-0.2, -0.15) is 0 Å². The predicted molar refractivity (Wildman–Crippen MR) is 78.7 cm³/mol. The molecule has 6 nitrogen and oxygen atoms in total. The van der Waals surface area contributed by atoms with Gasteiger partial charge in [-0.15, -0.1) is 0 Å². The largest absolute Gasteiger partial charge is 0.479 e. The van der Waals surface area contributed by atoms with Crippen molar-refractivity contribution in [3.8, 4) is 0 Å². The first-order valence-electron chi connectivity index (χ1n) is 6.08. The minimum Gasteiger partial charge on any atom is -0.479 e. The van der Waals surface area contributed by atoms with E-state index in [-0.39, 0.29) is 9.79 Å². The SMILES string of the molecule is O=C(O)C(S(=O)(=O)c1ccccc1)S(=O)(=O)c1ccccc1. The summed E-state index contributed by atoms with van der Waals surface area (Å²) in [7, 11) is -9.19. The fourth-order valence-electron chi connectivity index (χ4n) is 1.90. The Morgan fingerprint density at radius 1 is 0.727 bits per heavy atom. The highest BCUT2D eigenvalue weighted by molar-refractivity contribution is 8.10. The van der Waals surface area contributed by atoms with Crippen molar-refractivity contribution in [2.24, 2.45) is 0 Å². The molecule has 0 unspecified atom stereocenters. The van der Waals surface area contributed by atoms with Crippen molar-refractivity contribution in [3.05, 3.63) is 60.7 Å². The van der Waals surface area contributed by atoms with Crippen LogP contribution in [-0.2, 0) is 24.5 Å². The molecule has 116 valence electrons. The Morgan fingerprint density at radius 2 is 1.05 bits per heavy atom. The Labute approximate surface area is 127 Å². The van der Waals surface area contributed by atoms with Crippen LogP contribution < -0.4 is 0 Å². The van der Waals surface area contributed by atoms with E-state index < -0.39 is 30.2 Å². The van der Waals surface area contributed by atoms with Crippen LogP contribution in [0.5, 0.6) is 0 Å². The summed E-state index contributed by atoms with van der Waals surface area (Å²) in [5.41, 5.74) is 0. The Hall–Kier alpha value is -2.19. The molecule has 2 aromatic rings. The van der Waals surface area contributed by atoms with Crippen LogP contribution in [-0.4, -0.2) is 32.5 Å². The zero-order valence-corrected chi connectivity index (χ0v) is 12.8. The first kappa shape index (κ1) is 16.2. The number of sulfone groups is 2. The van der Waals surface area contributed by atoms with Gasteiger partial charge in [-0.05, 0) is 24.3 Å². The van der Waals surface area contributed by atoms with Crippen LogP contribution in [0.1, 0.15) is 0 Å². The standard InChI is InChI=1S/C14H12O6S2/c15-13(16)14(21(17,18)11-7-3-1-4-8-11)22(19,20)12-9-5-2-6-10-12/h1-10,14H,(H,15,16). The van der Waals surface area contributed by atoms with E-state index in [0.717, 1.165) is 24.3 Å². The molecule has 0 saturated heterocycles. The van der Waals surface area contributed by atoms with E-state index in [2.05, 4.69) is 0 Å². The summed E-state index contributed by atoms with van der Waals surface area (Å²) in [6, 6.07) is 13.3. The van der Waals surface area contributed by atoms with Crippen LogP contribution in [0.25, 0.3) is 0 Å². The summed E-state index contributed by atoms with van der Waals surface area (Å²) in [4.78, 5) is 10.7. The lowest BCUT2D eigenvalue weighted by atomic mass is 10.4. The number of carbonyl (C=O) groups is 1. The summed E-state index contributed by atoms with van der Waals surface area (Å²) >= 11 is 0. The zero-order valence-electron chi connectivity index (χ0n) is 11.2. The van der Waals surface area contributed by atoms with Gasteiger partial charge in [-0.3, -0.25) is 0 Å². The second-order valence-corrected chi connectivity index (χ2v) is 8.75. The van der Waals surface area contributed by atoms with Crippen molar-refractivity contribution in [2.75, 3.05) is 0 Å². The predicted octanol–water partition coefficient (Wildman–Crippen LogP) is 1.34. The lowest BCUT2D eigenvalue weighted by Crippen LogP contribution is -2.38. The molecule has 8 heteroatoms. The number of rotatable bonds is 5. The normalized spacial score (nSPS) is 12.2. The van der Waals surface area contributed by atoms with Gasteiger partial charge < -0.3 is 5.11 Å². The van der Waals surface area contributed by atoms with Crippen LogP contribution in [0.4, 0.5) is 0 Å². The first-order chi connectivity index (χ1) is 10.3. The number of carboxylic acids is 1. The minimum absolute atomic E-state index is 0.359. The summed E-state index contributed by atoms with van der Waals surface area (Å²) in [5.74, 6) is -1.94. The van der Waals surface area contributed by atoms with Crippen LogP contribution in [0, 0.1) is 0 Å². The smallest absolute Gasteiger partial charge is 0.338 e. The lowest BCUT2D eigenvalue weighted by molar-refractivity contribution is -0.134. The fourth-order valence-corrected chi connectivity index (χ4v) is 6.00. The van der Waals surface area contributed by atoms with E-state index in [1.807, 2.05) is 0 Å². The maximum Gasteiger partial charge on any atom is 0.338 e. The van der Waals surface area contributed by atoms with Crippen molar-refractivity contribution in [1.29, 1.82) is 0 Å². The van der Waals surface area contributed by atoms with Crippen molar-refractivity contribution >= 4 is 25.6 Å². The molecule has 0 fully saturated rings. The molecule has 0 aromatic heterocycles. The first-order valence-corrected chi connectivity index (χ1v) is 9.18. The van der Waals surface area contributed by atoms with Crippen molar-refractivity contribution in [3.63, 3.8) is 0 Å². The minimum atomic E-state index is -4.59. The van der Waals surface area contributed by atoms with Crippen LogP contribution in [0.2, 0.25) is 0 Å². The van der Waals surface area contributed by atoms with E-state index in [1.54, 1.807) is 12.1 Å². The molecule has 0 amide bonds. The highest BCUT2D eigenvalue weighted by Gasteiger charge is 2.45. The monoisotopic (exact) mass is 340 g/mol. The van der Waals surface area contributed by atoms with Crippen molar-refractivity contribution < 1.29 is 26.7 Å². The maximum atomic E-state index is 12.4. The molecule has 2 rings (SSSR count).